The number of carbonyl (C=O) groups excluding carboxylic acids is 3. The monoisotopic (exact) mass is 502 g/mol. The Morgan fingerprint density at radius 3 is 2.36 bits per heavy atom. The zero-order chi connectivity index (χ0) is 25.8. The van der Waals surface area contributed by atoms with E-state index >= 15 is 0 Å². The zero-order valence-corrected chi connectivity index (χ0v) is 21.9. The molecule has 1 aromatic heterocycles. The van der Waals surface area contributed by atoms with E-state index in [2.05, 4.69) is 11.5 Å². The first-order chi connectivity index (χ1) is 17.3. The first kappa shape index (κ1) is 25.5. The lowest BCUT2D eigenvalue weighted by molar-refractivity contribution is -0.123. The maximum Gasteiger partial charge on any atom is 0.338 e. The molecule has 2 heterocycles. The predicted octanol–water partition coefficient (Wildman–Crippen LogP) is 6.60. The molecule has 1 fully saturated rings. The fourth-order valence-electron chi connectivity index (χ4n) is 4.12. The van der Waals surface area contributed by atoms with Crippen LogP contribution in [0.1, 0.15) is 58.2 Å². The minimum atomic E-state index is -0.321. The maximum absolute atomic E-state index is 13.0. The van der Waals surface area contributed by atoms with Gasteiger partial charge in [0.2, 0.25) is 0 Å². The average Bonchev–Trinajstić information content (AvgIpc) is 3.29. The highest BCUT2D eigenvalue weighted by Gasteiger charge is 2.35. The number of rotatable bonds is 8. The number of benzene rings is 2. The summed E-state index contributed by atoms with van der Waals surface area (Å²) in [7, 11) is 0. The number of imide groups is 1. The molecule has 1 saturated heterocycles. The maximum atomic E-state index is 13.0. The summed E-state index contributed by atoms with van der Waals surface area (Å²) >= 11 is 0.970. The summed E-state index contributed by atoms with van der Waals surface area (Å²) in [6, 6.07) is 17.1. The number of hydrogen-bond acceptors (Lipinski definition) is 5. The molecule has 0 aliphatic carbocycles. The molecule has 4 rings (SSSR count). The van der Waals surface area contributed by atoms with Crippen molar-refractivity contribution < 1.29 is 19.1 Å². The minimum absolute atomic E-state index is 0.258. The summed E-state index contributed by atoms with van der Waals surface area (Å²) in [4.78, 5) is 39.5. The van der Waals surface area contributed by atoms with Gasteiger partial charge in [-0.3, -0.25) is 14.5 Å². The molecule has 0 radical (unpaired) electrons. The normalized spacial score (nSPS) is 14.7. The highest BCUT2D eigenvalue weighted by atomic mass is 32.2. The van der Waals surface area contributed by atoms with E-state index in [1.165, 1.54) is 4.90 Å². The van der Waals surface area contributed by atoms with Crippen molar-refractivity contribution in [2.75, 3.05) is 6.61 Å². The van der Waals surface area contributed by atoms with Gasteiger partial charge in [0, 0.05) is 17.1 Å². The van der Waals surface area contributed by atoms with Crippen LogP contribution in [0.15, 0.2) is 59.5 Å². The molecule has 7 heteroatoms. The Hall–Kier alpha value is -3.58. The third kappa shape index (κ3) is 5.46. The van der Waals surface area contributed by atoms with Gasteiger partial charge in [-0.05, 0) is 86.5 Å². The van der Waals surface area contributed by atoms with E-state index in [0.29, 0.717) is 17.1 Å². The van der Waals surface area contributed by atoms with Crippen molar-refractivity contribution in [2.45, 2.75) is 47.1 Å². The second-order valence-corrected chi connectivity index (χ2v) is 9.94. The van der Waals surface area contributed by atoms with Crippen molar-refractivity contribution >= 4 is 35.0 Å². The van der Waals surface area contributed by atoms with E-state index in [9.17, 15) is 14.4 Å². The number of amides is 2. The summed E-state index contributed by atoms with van der Waals surface area (Å²) < 4.78 is 7.35. The first-order valence-electron chi connectivity index (χ1n) is 12.1. The number of unbranched alkanes of at least 4 members (excludes halogenated alkanes) is 1. The SMILES string of the molecule is CCCCOC(=O)c1ccc(-n2c(C)cc(/C=C3\SC(=O)N(Cc4ccc(C)cc4)C3=O)c2C)cc1. The molecular weight excluding hydrogens is 472 g/mol. The van der Waals surface area contributed by atoms with Crippen molar-refractivity contribution in [3.63, 3.8) is 0 Å². The standard InChI is InChI=1S/C29H30N2O4S/c1-5-6-15-35-28(33)23-11-13-25(14-12-23)31-20(3)16-24(21(31)4)17-26-27(32)30(29(34)36-26)18-22-9-7-19(2)8-10-22/h7-14,16-17H,5-6,15,18H2,1-4H3/b26-17-. The van der Waals surface area contributed by atoms with Gasteiger partial charge in [0.1, 0.15) is 0 Å². The number of aryl methyl sites for hydroxylation is 2. The second kappa shape index (κ2) is 11.0. The van der Waals surface area contributed by atoms with Gasteiger partial charge in [0.15, 0.2) is 0 Å². The Bertz CT molecular complexity index is 1320. The summed E-state index contributed by atoms with van der Waals surface area (Å²) in [6.45, 7) is 8.69. The molecular formula is C29H30N2O4S. The van der Waals surface area contributed by atoms with Crippen LogP contribution in [0.2, 0.25) is 0 Å². The van der Waals surface area contributed by atoms with Crippen LogP contribution in [0.5, 0.6) is 0 Å². The lowest BCUT2D eigenvalue weighted by atomic mass is 10.1. The summed E-state index contributed by atoms with van der Waals surface area (Å²) in [6.07, 6.45) is 3.61. The van der Waals surface area contributed by atoms with E-state index in [0.717, 1.165) is 58.4 Å². The van der Waals surface area contributed by atoms with Gasteiger partial charge in [-0.2, -0.15) is 0 Å². The molecule has 1 aliphatic rings. The third-order valence-electron chi connectivity index (χ3n) is 6.18. The van der Waals surface area contributed by atoms with Crippen molar-refractivity contribution in [3.05, 3.63) is 93.1 Å². The number of hydrogen-bond donors (Lipinski definition) is 0. The van der Waals surface area contributed by atoms with Gasteiger partial charge < -0.3 is 9.30 Å². The lowest BCUT2D eigenvalue weighted by Gasteiger charge is -2.12. The quantitative estimate of drug-likeness (QED) is 0.197. The van der Waals surface area contributed by atoms with Gasteiger partial charge in [0.25, 0.3) is 11.1 Å². The molecule has 2 aromatic carbocycles. The van der Waals surface area contributed by atoms with Crippen molar-refractivity contribution in [2.24, 2.45) is 0 Å². The van der Waals surface area contributed by atoms with E-state index < -0.39 is 0 Å². The molecule has 0 unspecified atom stereocenters. The molecule has 0 bridgehead atoms. The van der Waals surface area contributed by atoms with Gasteiger partial charge in [-0.25, -0.2) is 4.79 Å². The smallest absolute Gasteiger partial charge is 0.338 e. The van der Waals surface area contributed by atoms with E-state index in [1.807, 2.05) is 63.2 Å². The molecule has 0 atom stereocenters. The minimum Gasteiger partial charge on any atom is -0.462 e. The summed E-state index contributed by atoms with van der Waals surface area (Å²) in [5.41, 5.74) is 6.26. The number of aromatic nitrogens is 1. The number of thioether (sulfide) groups is 1. The highest BCUT2D eigenvalue weighted by Crippen LogP contribution is 2.34. The molecule has 0 N–H and O–H groups in total. The summed E-state index contributed by atoms with van der Waals surface area (Å²) in [5, 5.41) is -0.262. The Morgan fingerprint density at radius 2 is 1.69 bits per heavy atom. The fourth-order valence-corrected chi connectivity index (χ4v) is 4.95. The van der Waals surface area contributed by atoms with Crippen LogP contribution < -0.4 is 0 Å². The molecule has 0 spiro atoms. The molecule has 0 saturated carbocycles. The topological polar surface area (TPSA) is 68.6 Å². The van der Waals surface area contributed by atoms with Gasteiger partial charge in [0.05, 0.1) is 23.6 Å². The number of esters is 1. The van der Waals surface area contributed by atoms with Crippen LogP contribution in [-0.4, -0.2) is 33.2 Å². The van der Waals surface area contributed by atoms with Gasteiger partial charge >= 0.3 is 5.97 Å². The number of nitrogens with zero attached hydrogens (tertiary/aromatic N) is 2. The Morgan fingerprint density at radius 1 is 1.00 bits per heavy atom. The third-order valence-corrected chi connectivity index (χ3v) is 7.09. The lowest BCUT2D eigenvalue weighted by Crippen LogP contribution is -2.27. The fraction of sp³-hybridized carbons (Fsp3) is 0.276. The molecule has 186 valence electrons. The first-order valence-corrected chi connectivity index (χ1v) is 12.9. The Kier molecular flexibility index (Phi) is 7.79. The van der Waals surface area contributed by atoms with Gasteiger partial charge in [-0.1, -0.05) is 43.2 Å². The number of carbonyl (C=O) groups is 3. The Labute approximate surface area is 215 Å². The molecule has 36 heavy (non-hydrogen) atoms. The summed E-state index contributed by atoms with van der Waals surface area (Å²) in [5.74, 6) is -0.598. The van der Waals surface area contributed by atoms with Crippen molar-refractivity contribution in [1.29, 1.82) is 0 Å². The van der Waals surface area contributed by atoms with Crippen LogP contribution in [0.25, 0.3) is 11.8 Å². The van der Waals surface area contributed by atoms with E-state index in [4.69, 9.17) is 4.74 Å². The molecule has 1 aliphatic heterocycles. The van der Waals surface area contributed by atoms with Crippen LogP contribution >= 0.6 is 11.8 Å². The van der Waals surface area contributed by atoms with Crippen LogP contribution in [0.4, 0.5) is 4.79 Å². The van der Waals surface area contributed by atoms with Crippen molar-refractivity contribution in [3.8, 4) is 5.69 Å². The molecule has 2 amide bonds. The second-order valence-electron chi connectivity index (χ2n) is 8.95. The van der Waals surface area contributed by atoms with E-state index in [1.54, 1.807) is 18.2 Å². The highest BCUT2D eigenvalue weighted by molar-refractivity contribution is 8.18. The molecule has 3 aromatic rings. The van der Waals surface area contributed by atoms with Gasteiger partial charge in [-0.15, -0.1) is 0 Å². The van der Waals surface area contributed by atoms with Crippen LogP contribution in [-0.2, 0) is 16.1 Å². The Balaban J connectivity index is 1.53. The zero-order valence-electron chi connectivity index (χ0n) is 21.0. The average molecular weight is 503 g/mol. The molecule has 6 nitrogen and oxygen atoms in total. The van der Waals surface area contributed by atoms with Crippen LogP contribution in [0.3, 0.4) is 0 Å². The van der Waals surface area contributed by atoms with Crippen LogP contribution in [0, 0.1) is 20.8 Å². The van der Waals surface area contributed by atoms with E-state index in [-0.39, 0.29) is 23.7 Å². The largest absolute Gasteiger partial charge is 0.462 e. The number of ether oxygens (including phenoxy) is 1. The predicted molar refractivity (Wildman–Crippen MR) is 143 cm³/mol. The van der Waals surface area contributed by atoms with Crippen molar-refractivity contribution in [1.82, 2.24) is 9.47 Å².